The molecule has 2 aromatic heterocycles. The predicted molar refractivity (Wildman–Crippen MR) is 113 cm³/mol. The number of nitrogens with zero attached hydrogens (tertiary/aromatic N) is 2. The van der Waals surface area contributed by atoms with Gasteiger partial charge in [0.2, 0.25) is 5.91 Å². The molecule has 0 atom stereocenters. The van der Waals surface area contributed by atoms with Crippen LogP contribution in [0.1, 0.15) is 18.2 Å². The lowest BCUT2D eigenvalue weighted by Gasteiger charge is -2.12. The van der Waals surface area contributed by atoms with Crippen molar-refractivity contribution in [2.75, 3.05) is 6.54 Å². The van der Waals surface area contributed by atoms with Crippen molar-refractivity contribution in [1.29, 1.82) is 0 Å². The van der Waals surface area contributed by atoms with Gasteiger partial charge in [0.1, 0.15) is 0 Å². The van der Waals surface area contributed by atoms with Crippen LogP contribution in [-0.4, -0.2) is 27.0 Å². The summed E-state index contributed by atoms with van der Waals surface area (Å²) in [5, 5.41) is 4.10. The molecule has 5 heteroatoms. The number of aromatic nitrogens is 3. The summed E-state index contributed by atoms with van der Waals surface area (Å²) in [7, 11) is 0. The number of benzene rings is 2. The van der Waals surface area contributed by atoms with E-state index in [1.807, 2.05) is 24.5 Å². The van der Waals surface area contributed by atoms with Crippen LogP contribution >= 0.6 is 0 Å². The molecule has 5 nitrogen and oxygen atoms in total. The van der Waals surface area contributed by atoms with E-state index in [2.05, 4.69) is 59.0 Å². The lowest BCUT2D eigenvalue weighted by atomic mass is 10.0. The molecule has 2 N–H and O–H groups in total. The van der Waals surface area contributed by atoms with Gasteiger partial charge in [0, 0.05) is 42.2 Å². The molecule has 0 aliphatic carbocycles. The Morgan fingerprint density at radius 1 is 1.11 bits per heavy atom. The number of para-hydroxylation sites is 1. The Kier molecular flexibility index (Phi) is 4.74. The number of nitrogens with one attached hydrogen (secondary N) is 2. The van der Waals surface area contributed by atoms with Crippen LogP contribution < -0.4 is 5.32 Å². The van der Waals surface area contributed by atoms with Gasteiger partial charge in [-0.15, -0.1) is 0 Å². The highest BCUT2D eigenvalue weighted by atomic mass is 16.1. The summed E-state index contributed by atoms with van der Waals surface area (Å²) < 4.78 is 2.12. The molecule has 0 saturated heterocycles. The number of carbonyl (C=O) groups is 1. The lowest BCUT2D eigenvalue weighted by Crippen LogP contribution is -2.24. The summed E-state index contributed by atoms with van der Waals surface area (Å²) in [4.78, 5) is 19.6. The topological polar surface area (TPSA) is 62.7 Å². The van der Waals surface area contributed by atoms with Crippen molar-refractivity contribution >= 4 is 16.8 Å². The average molecular weight is 372 g/mol. The minimum Gasteiger partial charge on any atom is -0.358 e. The highest BCUT2D eigenvalue weighted by Crippen LogP contribution is 2.36. The molecule has 0 spiro atoms. The maximum Gasteiger partial charge on any atom is 0.216 e. The summed E-state index contributed by atoms with van der Waals surface area (Å²) >= 11 is 0. The van der Waals surface area contributed by atoms with Gasteiger partial charge in [-0.3, -0.25) is 4.79 Å². The van der Waals surface area contributed by atoms with E-state index in [9.17, 15) is 4.79 Å². The zero-order valence-corrected chi connectivity index (χ0v) is 16.4. The van der Waals surface area contributed by atoms with Gasteiger partial charge in [-0.05, 0) is 19.4 Å². The third kappa shape index (κ3) is 3.20. The fraction of sp³-hybridized carbons (Fsp3) is 0.217. The first-order valence-corrected chi connectivity index (χ1v) is 9.49. The Morgan fingerprint density at radius 3 is 2.64 bits per heavy atom. The minimum absolute atomic E-state index is 0.0253. The van der Waals surface area contributed by atoms with Crippen molar-refractivity contribution in [2.24, 2.45) is 0 Å². The zero-order valence-electron chi connectivity index (χ0n) is 16.4. The molecule has 0 saturated carbocycles. The second kappa shape index (κ2) is 7.35. The van der Waals surface area contributed by atoms with E-state index in [4.69, 9.17) is 4.98 Å². The van der Waals surface area contributed by atoms with Gasteiger partial charge >= 0.3 is 0 Å². The van der Waals surface area contributed by atoms with Gasteiger partial charge in [0.05, 0.1) is 23.2 Å². The first kappa shape index (κ1) is 18.0. The Morgan fingerprint density at radius 2 is 1.89 bits per heavy atom. The van der Waals surface area contributed by atoms with Crippen molar-refractivity contribution in [2.45, 2.75) is 27.3 Å². The van der Waals surface area contributed by atoms with Crippen LogP contribution in [0.4, 0.5) is 0 Å². The Bertz CT molecular complexity index is 1140. The lowest BCUT2D eigenvalue weighted by molar-refractivity contribution is -0.118. The first-order valence-electron chi connectivity index (χ1n) is 9.49. The maximum atomic E-state index is 11.3. The number of aryl methyl sites for hydroxylation is 2. The van der Waals surface area contributed by atoms with Gasteiger partial charge < -0.3 is 14.9 Å². The molecule has 4 rings (SSSR count). The summed E-state index contributed by atoms with van der Waals surface area (Å²) in [5.74, 6) is -0.0253. The number of carbonyl (C=O) groups excluding carboxylic acids is 1. The second-order valence-electron chi connectivity index (χ2n) is 7.09. The molecule has 0 aliphatic rings. The largest absolute Gasteiger partial charge is 0.358 e. The fourth-order valence-corrected chi connectivity index (χ4v) is 3.67. The van der Waals surface area contributed by atoms with Crippen molar-refractivity contribution in [3.8, 4) is 22.5 Å². The zero-order chi connectivity index (χ0) is 19.7. The minimum atomic E-state index is -0.0253. The van der Waals surface area contributed by atoms with Crippen LogP contribution in [-0.2, 0) is 11.3 Å². The van der Waals surface area contributed by atoms with Crippen LogP contribution in [0, 0.1) is 13.8 Å². The van der Waals surface area contributed by atoms with E-state index < -0.39 is 0 Å². The Hall–Kier alpha value is -3.34. The molecule has 0 radical (unpaired) electrons. The molecule has 1 amide bonds. The molecule has 4 aromatic rings. The molecule has 0 fully saturated rings. The van der Waals surface area contributed by atoms with E-state index in [0.29, 0.717) is 13.1 Å². The normalized spacial score (nSPS) is 11.1. The molecule has 2 aromatic carbocycles. The highest BCUT2D eigenvalue weighted by molar-refractivity contribution is 5.98. The van der Waals surface area contributed by atoms with Gasteiger partial charge in [0.25, 0.3) is 0 Å². The van der Waals surface area contributed by atoms with Crippen molar-refractivity contribution < 1.29 is 4.79 Å². The first-order chi connectivity index (χ1) is 13.6. The van der Waals surface area contributed by atoms with Gasteiger partial charge in [-0.25, -0.2) is 4.98 Å². The van der Waals surface area contributed by atoms with E-state index in [0.717, 1.165) is 28.0 Å². The second-order valence-corrected chi connectivity index (χ2v) is 7.09. The highest BCUT2D eigenvalue weighted by Gasteiger charge is 2.18. The van der Waals surface area contributed by atoms with Crippen LogP contribution in [0.25, 0.3) is 33.4 Å². The number of imidazole rings is 1. The molecule has 142 valence electrons. The standard InChI is InChI=1S/C23H24N4O/c1-15-16(2)26-22-19(15)10-7-11-20(22)23-21(18-8-5-4-6-9-18)25-14-27(23)13-12-24-17(3)28/h4-11,14,26H,12-13H2,1-3H3,(H,24,28). The number of hydrogen-bond donors (Lipinski definition) is 2. The summed E-state index contributed by atoms with van der Waals surface area (Å²) in [5.41, 5.74) is 7.76. The third-order valence-corrected chi connectivity index (χ3v) is 5.21. The van der Waals surface area contributed by atoms with Crippen LogP contribution in [0.5, 0.6) is 0 Å². The van der Waals surface area contributed by atoms with E-state index >= 15 is 0 Å². The molecule has 0 aliphatic heterocycles. The maximum absolute atomic E-state index is 11.3. The van der Waals surface area contributed by atoms with Crippen molar-refractivity contribution in [3.63, 3.8) is 0 Å². The third-order valence-electron chi connectivity index (χ3n) is 5.21. The molecule has 0 unspecified atom stereocenters. The van der Waals surface area contributed by atoms with Crippen molar-refractivity contribution in [1.82, 2.24) is 19.9 Å². The SMILES string of the molecule is CC(=O)NCCn1cnc(-c2ccccc2)c1-c1cccc2c(C)c(C)[nH]c12. The number of H-pyrrole nitrogens is 1. The fourth-order valence-electron chi connectivity index (χ4n) is 3.67. The summed E-state index contributed by atoms with van der Waals surface area (Å²) in [6.07, 6.45) is 1.86. The van der Waals surface area contributed by atoms with Crippen molar-refractivity contribution in [3.05, 3.63) is 66.1 Å². The molecule has 0 bridgehead atoms. The van der Waals surface area contributed by atoms with E-state index in [1.165, 1.54) is 23.6 Å². The summed E-state index contributed by atoms with van der Waals surface area (Å²) in [6, 6.07) is 16.6. The monoisotopic (exact) mass is 372 g/mol. The van der Waals surface area contributed by atoms with E-state index in [-0.39, 0.29) is 5.91 Å². The molecular formula is C23H24N4O. The van der Waals surface area contributed by atoms with Crippen LogP contribution in [0.3, 0.4) is 0 Å². The number of aromatic amines is 1. The quantitative estimate of drug-likeness (QED) is 0.544. The predicted octanol–water partition coefficient (Wildman–Crippen LogP) is 4.45. The van der Waals surface area contributed by atoms with Crippen LogP contribution in [0.2, 0.25) is 0 Å². The van der Waals surface area contributed by atoms with Gasteiger partial charge in [-0.2, -0.15) is 0 Å². The molecular weight excluding hydrogens is 348 g/mol. The Labute approximate surface area is 164 Å². The number of fused-ring (bicyclic) bond motifs is 1. The number of hydrogen-bond acceptors (Lipinski definition) is 2. The Balaban J connectivity index is 1.90. The smallest absolute Gasteiger partial charge is 0.216 e. The molecule has 28 heavy (non-hydrogen) atoms. The number of rotatable bonds is 5. The summed E-state index contributed by atoms with van der Waals surface area (Å²) in [6.45, 7) is 7.00. The number of amides is 1. The average Bonchev–Trinajstić information content (AvgIpc) is 3.23. The van der Waals surface area contributed by atoms with Gasteiger partial charge in [0.15, 0.2) is 0 Å². The van der Waals surface area contributed by atoms with E-state index in [1.54, 1.807) is 0 Å². The van der Waals surface area contributed by atoms with Gasteiger partial charge in [-0.1, -0.05) is 48.5 Å². The van der Waals surface area contributed by atoms with Crippen LogP contribution in [0.15, 0.2) is 54.9 Å². The molecule has 2 heterocycles.